The molecule has 156 valence electrons. The zero-order valence-corrected chi connectivity index (χ0v) is 18.2. The van der Waals surface area contributed by atoms with E-state index in [-0.39, 0.29) is 40.7 Å². The maximum atomic E-state index is 12.3. The van der Waals surface area contributed by atoms with Crippen LogP contribution in [0.25, 0.3) is 0 Å². The van der Waals surface area contributed by atoms with Gasteiger partial charge in [-0.2, -0.15) is 0 Å². The second-order valence-corrected chi connectivity index (χ2v) is 9.70. The lowest BCUT2D eigenvalue weighted by Gasteiger charge is -2.60. The van der Waals surface area contributed by atoms with E-state index < -0.39 is 17.1 Å². The number of rotatable bonds is 1. The molecule has 0 aliphatic heterocycles. The van der Waals surface area contributed by atoms with Crippen molar-refractivity contribution in [1.82, 2.24) is 0 Å². The third-order valence-electron chi connectivity index (χ3n) is 8.55. The summed E-state index contributed by atoms with van der Waals surface area (Å²) in [7, 11) is 0. The molecule has 0 saturated heterocycles. The minimum Gasteiger partial charge on any atom is -0.393 e. The molecule has 0 spiro atoms. The number of aliphatic hydroxyl groups excluding tert-OH is 1. The summed E-state index contributed by atoms with van der Waals surface area (Å²) in [5, 5.41) is 22.4. The molecule has 4 rings (SSSR count). The van der Waals surface area contributed by atoms with Gasteiger partial charge in [0.15, 0.2) is 11.6 Å². The molecule has 0 aromatic carbocycles. The zero-order valence-electron chi connectivity index (χ0n) is 18.2. The van der Waals surface area contributed by atoms with E-state index >= 15 is 0 Å². The van der Waals surface area contributed by atoms with E-state index in [0.717, 1.165) is 18.4 Å². The normalized spacial score (nSPS) is 49.2. The van der Waals surface area contributed by atoms with Crippen LogP contribution in [0.5, 0.6) is 0 Å². The predicted octanol–water partition coefficient (Wildman–Crippen LogP) is 3.86. The van der Waals surface area contributed by atoms with Gasteiger partial charge in [0.25, 0.3) is 0 Å². The Labute approximate surface area is 169 Å². The number of aliphatic hydroxyl groups is 2. The lowest BCUT2D eigenvalue weighted by atomic mass is 9.45. The number of hydrogen-bond acceptors (Lipinski definition) is 4. The number of carbonyl (C=O) groups excluding carboxylic acids is 2. The van der Waals surface area contributed by atoms with Crippen molar-refractivity contribution < 1.29 is 19.8 Å². The van der Waals surface area contributed by atoms with Gasteiger partial charge in [0, 0.05) is 16.7 Å². The van der Waals surface area contributed by atoms with Crippen molar-refractivity contribution in [2.24, 2.45) is 34.5 Å². The van der Waals surface area contributed by atoms with Crippen molar-refractivity contribution in [3.63, 3.8) is 0 Å². The van der Waals surface area contributed by atoms with E-state index in [1.807, 2.05) is 26.8 Å². The molecule has 28 heavy (non-hydrogen) atoms. The number of fused-ring (bicyclic) bond motifs is 5. The molecule has 2 N–H and O–H groups in total. The summed E-state index contributed by atoms with van der Waals surface area (Å²) in [6, 6.07) is 0. The van der Waals surface area contributed by atoms with Crippen LogP contribution in [-0.2, 0) is 9.59 Å². The van der Waals surface area contributed by atoms with Gasteiger partial charge in [-0.05, 0) is 62.5 Å². The van der Waals surface area contributed by atoms with Gasteiger partial charge in [-0.1, -0.05) is 46.3 Å². The zero-order chi connectivity index (χ0) is 21.1. The average Bonchev–Trinajstić information content (AvgIpc) is 2.90. The van der Waals surface area contributed by atoms with E-state index in [4.69, 9.17) is 0 Å². The number of allylic oxidation sites excluding steroid dienone is 4. The highest BCUT2D eigenvalue weighted by molar-refractivity contribution is 6.01. The van der Waals surface area contributed by atoms with Crippen molar-refractivity contribution in [2.75, 3.05) is 0 Å². The molecular formula is C24H36O4. The molecule has 4 aliphatic carbocycles. The Balaban J connectivity index is 0.00000109. The Kier molecular flexibility index (Phi) is 5.30. The van der Waals surface area contributed by atoms with Crippen LogP contribution in [0, 0.1) is 34.5 Å². The van der Waals surface area contributed by atoms with Crippen LogP contribution >= 0.6 is 0 Å². The SMILES string of the molecule is CC.CC(=O)[C@@]1(O)CCC2C3C[C@H](C)C4=CC(=O)C=CC4(C)[C@H]3C(O)CC21C. The van der Waals surface area contributed by atoms with Gasteiger partial charge in [-0.25, -0.2) is 0 Å². The lowest BCUT2D eigenvalue weighted by molar-refractivity contribution is -0.176. The molecule has 5 unspecified atom stereocenters. The molecule has 3 fully saturated rings. The van der Waals surface area contributed by atoms with Crippen LogP contribution in [-0.4, -0.2) is 33.5 Å². The van der Waals surface area contributed by atoms with Crippen LogP contribution in [0.15, 0.2) is 23.8 Å². The van der Waals surface area contributed by atoms with Gasteiger partial charge in [-0.3, -0.25) is 9.59 Å². The van der Waals surface area contributed by atoms with Crippen molar-refractivity contribution >= 4 is 11.6 Å². The fourth-order valence-electron chi connectivity index (χ4n) is 7.33. The second kappa shape index (κ2) is 6.91. The molecule has 0 radical (unpaired) electrons. The first-order valence-corrected chi connectivity index (χ1v) is 10.9. The third kappa shape index (κ3) is 2.64. The second-order valence-electron chi connectivity index (χ2n) is 9.70. The van der Waals surface area contributed by atoms with Crippen LogP contribution in [0.4, 0.5) is 0 Å². The van der Waals surface area contributed by atoms with Crippen molar-refractivity contribution in [3.05, 3.63) is 23.8 Å². The van der Waals surface area contributed by atoms with E-state index in [2.05, 4.69) is 13.8 Å². The maximum absolute atomic E-state index is 12.3. The Morgan fingerprint density at radius 3 is 2.50 bits per heavy atom. The summed E-state index contributed by atoms with van der Waals surface area (Å²) in [5.74, 6) is 0.609. The summed E-state index contributed by atoms with van der Waals surface area (Å²) >= 11 is 0. The molecular weight excluding hydrogens is 352 g/mol. The maximum Gasteiger partial charge on any atom is 0.178 e. The summed E-state index contributed by atoms with van der Waals surface area (Å²) in [4.78, 5) is 24.2. The van der Waals surface area contributed by atoms with Gasteiger partial charge in [0.2, 0.25) is 0 Å². The molecule has 3 saturated carbocycles. The highest BCUT2D eigenvalue weighted by Gasteiger charge is 2.68. The molecule has 0 aromatic rings. The summed E-state index contributed by atoms with van der Waals surface area (Å²) in [5.41, 5.74) is -1.10. The Morgan fingerprint density at radius 1 is 1.25 bits per heavy atom. The summed E-state index contributed by atoms with van der Waals surface area (Å²) in [6.07, 6.45) is 7.46. The standard InChI is InChI=1S/C22H30O4.C2H6/c1-12-9-15-16-6-8-22(26,13(2)23)21(16,4)11-18(25)19(15)20(3)7-5-14(24)10-17(12)20;1-2/h5,7,10,12,15-16,18-19,25-26H,6,8-9,11H2,1-4H3;1-2H3/t12-,15?,16?,18?,19+,20?,21?,22-;/m0./s1. The van der Waals surface area contributed by atoms with Crippen LogP contribution in [0.1, 0.15) is 67.2 Å². The minimum absolute atomic E-state index is 0.0293. The Bertz CT molecular complexity index is 737. The third-order valence-corrected chi connectivity index (χ3v) is 8.55. The van der Waals surface area contributed by atoms with Gasteiger partial charge >= 0.3 is 0 Å². The largest absolute Gasteiger partial charge is 0.393 e. The average molecular weight is 389 g/mol. The quantitative estimate of drug-likeness (QED) is 0.715. The first-order valence-electron chi connectivity index (χ1n) is 10.9. The van der Waals surface area contributed by atoms with Crippen LogP contribution in [0.3, 0.4) is 0 Å². The van der Waals surface area contributed by atoms with Gasteiger partial charge in [0.05, 0.1) is 6.10 Å². The molecule has 0 amide bonds. The van der Waals surface area contributed by atoms with E-state index in [1.54, 1.807) is 12.2 Å². The minimum atomic E-state index is -1.33. The number of ketones is 2. The van der Waals surface area contributed by atoms with Crippen LogP contribution in [0.2, 0.25) is 0 Å². The van der Waals surface area contributed by atoms with Gasteiger partial charge in [0.1, 0.15) is 5.60 Å². The van der Waals surface area contributed by atoms with E-state index in [9.17, 15) is 19.8 Å². The first-order chi connectivity index (χ1) is 13.0. The van der Waals surface area contributed by atoms with Crippen molar-refractivity contribution in [3.8, 4) is 0 Å². The first kappa shape index (κ1) is 21.4. The number of carbonyl (C=O) groups is 2. The summed E-state index contributed by atoms with van der Waals surface area (Å²) in [6.45, 7) is 11.8. The van der Waals surface area contributed by atoms with E-state index in [0.29, 0.717) is 12.8 Å². The smallest absolute Gasteiger partial charge is 0.178 e. The predicted molar refractivity (Wildman–Crippen MR) is 110 cm³/mol. The van der Waals surface area contributed by atoms with Crippen LogP contribution < -0.4 is 0 Å². The Hall–Kier alpha value is -1.26. The van der Waals surface area contributed by atoms with Crippen molar-refractivity contribution in [2.45, 2.75) is 78.9 Å². The molecule has 0 bridgehead atoms. The lowest BCUT2D eigenvalue weighted by Crippen LogP contribution is -2.61. The van der Waals surface area contributed by atoms with Crippen molar-refractivity contribution in [1.29, 1.82) is 0 Å². The van der Waals surface area contributed by atoms with E-state index in [1.165, 1.54) is 6.92 Å². The molecule has 0 heterocycles. The monoisotopic (exact) mass is 388 g/mol. The molecule has 0 aromatic heterocycles. The highest BCUT2D eigenvalue weighted by atomic mass is 16.3. The highest BCUT2D eigenvalue weighted by Crippen LogP contribution is 2.67. The molecule has 4 heteroatoms. The number of Topliss-reactive ketones (excluding diaryl/α,β-unsaturated/α-hetero) is 1. The molecule has 8 atom stereocenters. The molecule has 4 aliphatic rings. The number of hydrogen-bond donors (Lipinski definition) is 2. The summed E-state index contributed by atoms with van der Waals surface area (Å²) < 4.78 is 0. The topological polar surface area (TPSA) is 74.6 Å². The van der Waals surface area contributed by atoms with Gasteiger partial charge < -0.3 is 10.2 Å². The Morgan fingerprint density at radius 2 is 1.89 bits per heavy atom. The fourth-order valence-corrected chi connectivity index (χ4v) is 7.33. The van der Waals surface area contributed by atoms with Gasteiger partial charge in [-0.15, -0.1) is 0 Å². The molecule has 4 nitrogen and oxygen atoms in total. The fraction of sp³-hybridized carbons (Fsp3) is 0.750.